The minimum absolute atomic E-state index is 0.104. The molecular formula is C28H27F2N7O. The second kappa shape index (κ2) is 8.28. The van der Waals surface area contributed by atoms with Crippen molar-refractivity contribution < 1.29 is 13.6 Å². The molecule has 0 bridgehead atoms. The van der Waals surface area contributed by atoms with Gasteiger partial charge in [0.2, 0.25) is 5.91 Å². The monoisotopic (exact) mass is 515 g/mol. The summed E-state index contributed by atoms with van der Waals surface area (Å²) in [6, 6.07) is 8.07. The van der Waals surface area contributed by atoms with Crippen molar-refractivity contribution >= 4 is 28.6 Å². The highest BCUT2D eigenvalue weighted by molar-refractivity contribution is 6.06. The van der Waals surface area contributed by atoms with Crippen molar-refractivity contribution in [2.24, 2.45) is 11.8 Å². The molecule has 1 amide bonds. The third kappa shape index (κ3) is 3.81. The van der Waals surface area contributed by atoms with Crippen molar-refractivity contribution in [1.82, 2.24) is 24.7 Å². The summed E-state index contributed by atoms with van der Waals surface area (Å²) in [5.74, 6) is 1.44. The maximum atomic E-state index is 14.4. The second-order valence-corrected chi connectivity index (χ2v) is 11.2. The molecule has 194 valence electrons. The largest absolute Gasteiger partial charge is 0.366 e. The fourth-order valence-electron chi connectivity index (χ4n) is 5.52. The lowest BCUT2D eigenvalue weighted by atomic mass is 9.87. The van der Waals surface area contributed by atoms with E-state index in [0.717, 1.165) is 11.8 Å². The summed E-state index contributed by atoms with van der Waals surface area (Å²) in [5.41, 5.74) is 1.06. The standard InChI is InChI=1S/C28H27F2N7O/c1-28(2)20-23(32-21(14-7-8-14)15-9-10-15)33-25(34-24(20)35-27(28)38)22-18-11-17(29)12-31-26(18)37(36-22)13-16-5-3-4-6-19(16)30/h3-6,11-12,14-15,21H,7-10,13H2,1-2H3,(H2,32,33,34,35,38). The Hall–Kier alpha value is -3.95. The van der Waals surface area contributed by atoms with Gasteiger partial charge >= 0.3 is 0 Å². The predicted molar refractivity (Wildman–Crippen MR) is 139 cm³/mol. The van der Waals surface area contributed by atoms with Crippen LogP contribution in [-0.2, 0) is 16.8 Å². The summed E-state index contributed by atoms with van der Waals surface area (Å²) in [5, 5.41) is 11.7. The van der Waals surface area contributed by atoms with Crippen LogP contribution in [0.2, 0.25) is 0 Å². The van der Waals surface area contributed by atoms with Crippen molar-refractivity contribution in [2.45, 2.75) is 57.5 Å². The Labute approximate surface area is 217 Å². The predicted octanol–water partition coefficient (Wildman–Crippen LogP) is 5.05. The van der Waals surface area contributed by atoms with Gasteiger partial charge in [0.05, 0.1) is 29.1 Å². The first-order valence-electron chi connectivity index (χ1n) is 13.1. The Kier molecular flexibility index (Phi) is 5.05. The molecule has 0 spiro atoms. The van der Waals surface area contributed by atoms with Crippen molar-refractivity contribution in [1.29, 1.82) is 0 Å². The minimum Gasteiger partial charge on any atom is -0.366 e. The Morgan fingerprint density at radius 2 is 1.87 bits per heavy atom. The van der Waals surface area contributed by atoms with Crippen molar-refractivity contribution in [3.05, 3.63) is 59.3 Å². The lowest BCUT2D eigenvalue weighted by molar-refractivity contribution is -0.119. The first-order chi connectivity index (χ1) is 18.3. The molecule has 2 fully saturated rings. The van der Waals surface area contributed by atoms with Crippen LogP contribution in [0, 0.1) is 23.5 Å². The Balaban J connectivity index is 1.38. The lowest BCUT2D eigenvalue weighted by Gasteiger charge is -2.24. The second-order valence-electron chi connectivity index (χ2n) is 11.2. The zero-order valence-corrected chi connectivity index (χ0v) is 21.1. The van der Waals surface area contributed by atoms with Crippen molar-refractivity contribution in [3.8, 4) is 11.5 Å². The van der Waals surface area contributed by atoms with Gasteiger partial charge in [-0.3, -0.25) is 4.79 Å². The number of nitrogens with one attached hydrogen (secondary N) is 2. The molecule has 0 radical (unpaired) electrons. The molecule has 2 aliphatic carbocycles. The van der Waals surface area contributed by atoms with Crippen LogP contribution in [0.15, 0.2) is 36.5 Å². The van der Waals surface area contributed by atoms with Crippen LogP contribution in [0.5, 0.6) is 0 Å². The molecule has 2 N–H and O–H groups in total. The number of hydrogen-bond acceptors (Lipinski definition) is 6. The van der Waals surface area contributed by atoms with Crippen LogP contribution in [0.3, 0.4) is 0 Å². The molecule has 3 aliphatic rings. The van der Waals surface area contributed by atoms with E-state index < -0.39 is 11.2 Å². The van der Waals surface area contributed by atoms with Gasteiger partial charge in [-0.15, -0.1) is 0 Å². The van der Waals surface area contributed by atoms with E-state index in [1.54, 1.807) is 18.2 Å². The Morgan fingerprint density at radius 3 is 2.58 bits per heavy atom. The lowest BCUT2D eigenvalue weighted by Crippen LogP contribution is -2.30. The zero-order chi connectivity index (χ0) is 26.2. The maximum absolute atomic E-state index is 14.4. The highest BCUT2D eigenvalue weighted by atomic mass is 19.1. The number of hydrogen-bond donors (Lipinski definition) is 2. The molecule has 0 atom stereocenters. The molecular weight excluding hydrogens is 488 g/mol. The average Bonchev–Trinajstić information content (AvgIpc) is 3.81. The van der Waals surface area contributed by atoms with E-state index in [2.05, 4.69) is 20.7 Å². The third-order valence-corrected chi connectivity index (χ3v) is 7.94. The number of carbonyl (C=O) groups excluding carboxylic acids is 1. The number of rotatable bonds is 7. The number of amides is 1. The van der Waals surface area contributed by atoms with Gasteiger partial charge in [0, 0.05) is 11.6 Å². The van der Waals surface area contributed by atoms with E-state index in [1.807, 2.05) is 13.8 Å². The van der Waals surface area contributed by atoms with Crippen molar-refractivity contribution in [2.75, 3.05) is 10.6 Å². The van der Waals surface area contributed by atoms with Crippen LogP contribution in [0.1, 0.15) is 50.7 Å². The van der Waals surface area contributed by atoms with Gasteiger partial charge in [0.1, 0.15) is 29.0 Å². The number of pyridine rings is 1. The van der Waals surface area contributed by atoms with Gasteiger partial charge in [0.15, 0.2) is 11.5 Å². The molecule has 10 heteroatoms. The molecule has 3 aromatic heterocycles. The van der Waals surface area contributed by atoms with E-state index in [1.165, 1.54) is 42.5 Å². The molecule has 7 rings (SSSR count). The van der Waals surface area contributed by atoms with Gasteiger partial charge in [0.25, 0.3) is 0 Å². The van der Waals surface area contributed by atoms with Crippen LogP contribution >= 0.6 is 0 Å². The average molecular weight is 516 g/mol. The molecule has 1 aromatic carbocycles. The number of halogens is 2. The normalized spacial score (nSPS) is 18.2. The Morgan fingerprint density at radius 1 is 1.13 bits per heavy atom. The number of carbonyl (C=O) groups is 1. The number of fused-ring (bicyclic) bond motifs is 2. The molecule has 0 unspecified atom stereocenters. The highest BCUT2D eigenvalue weighted by Gasteiger charge is 2.46. The molecule has 4 heterocycles. The van der Waals surface area contributed by atoms with Crippen molar-refractivity contribution in [3.63, 3.8) is 0 Å². The number of anilines is 2. The first kappa shape index (κ1) is 23.2. The molecule has 4 aromatic rings. The smallest absolute Gasteiger partial charge is 0.235 e. The summed E-state index contributed by atoms with van der Waals surface area (Å²) in [7, 11) is 0. The fraction of sp³-hybridized carbons (Fsp3) is 0.393. The molecule has 2 saturated carbocycles. The van der Waals surface area contributed by atoms with E-state index in [9.17, 15) is 13.6 Å². The van der Waals surface area contributed by atoms with Gasteiger partial charge in [-0.1, -0.05) is 18.2 Å². The minimum atomic E-state index is -0.812. The fourth-order valence-corrected chi connectivity index (χ4v) is 5.52. The van der Waals surface area contributed by atoms with E-state index in [-0.39, 0.29) is 24.1 Å². The van der Waals surface area contributed by atoms with Crippen LogP contribution in [-0.4, -0.2) is 36.7 Å². The molecule has 8 nitrogen and oxygen atoms in total. The summed E-state index contributed by atoms with van der Waals surface area (Å²) in [4.78, 5) is 26.8. The molecule has 0 saturated heterocycles. The summed E-state index contributed by atoms with van der Waals surface area (Å²) in [6.45, 7) is 3.83. The maximum Gasteiger partial charge on any atom is 0.235 e. The van der Waals surface area contributed by atoms with Gasteiger partial charge in [-0.25, -0.2) is 28.4 Å². The van der Waals surface area contributed by atoms with E-state index >= 15 is 0 Å². The summed E-state index contributed by atoms with van der Waals surface area (Å²) < 4.78 is 30.4. The highest BCUT2D eigenvalue weighted by Crippen LogP contribution is 2.48. The Bertz CT molecular complexity index is 1590. The number of benzene rings is 1. The SMILES string of the molecule is CC1(C)C(=O)Nc2nc(-c3nn(Cc4ccccc4F)c4ncc(F)cc34)nc(NC(C3CC3)C3CC3)c21. The van der Waals surface area contributed by atoms with Crippen LogP contribution < -0.4 is 10.6 Å². The van der Waals surface area contributed by atoms with E-state index in [4.69, 9.17) is 9.97 Å². The zero-order valence-electron chi connectivity index (χ0n) is 21.1. The molecule has 38 heavy (non-hydrogen) atoms. The molecule has 1 aliphatic heterocycles. The third-order valence-electron chi connectivity index (χ3n) is 7.94. The van der Waals surface area contributed by atoms with Gasteiger partial charge in [-0.2, -0.15) is 5.10 Å². The van der Waals surface area contributed by atoms with Crippen LogP contribution in [0.25, 0.3) is 22.6 Å². The number of aromatic nitrogens is 5. The summed E-state index contributed by atoms with van der Waals surface area (Å²) in [6.07, 6.45) is 5.85. The topological polar surface area (TPSA) is 97.6 Å². The van der Waals surface area contributed by atoms with Crippen LogP contribution in [0.4, 0.5) is 20.4 Å². The summed E-state index contributed by atoms with van der Waals surface area (Å²) >= 11 is 0. The quantitative estimate of drug-likeness (QED) is 0.358. The van der Waals surface area contributed by atoms with Gasteiger partial charge < -0.3 is 10.6 Å². The number of nitrogens with zero attached hydrogens (tertiary/aromatic N) is 5. The van der Waals surface area contributed by atoms with Gasteiger partial charge in [-0.05, 0) is 63.5 Å². The first-order valence-corrected chi connectivity index (χ1v) is 13.1. The van der Waals surface area contributed by atoms with E-state index in [0.29, 0.717) is 51.8 Å².